The van der Waals surface area contributed by atoms with Gasteiger partial charge in [0, 0.05) is 19.5 Å². The molecule has 0 rings (SSSR count). The molecule has 0 bridgehead atoms. The molecule has 0 aliphatic heterocycles. The highest BCUT2D eigenvalue weighted by Crippen LogP contribution is 2.04. The lowest BCUT2D eigenvalue weighted by atomic mass is 10.2. The number of ether oxygens (including phenoxy) is 1. The predicted octanol–water partition coefficient (Wildman–Crippen LogP) is 0.773. The number of carbonyl (C=O) groups excluding carboxylic acids is 2. The van der Waals surface area contributed by atoms with E-state index in [0.29, 0.717) is 38.4 Å². The van der Waals surface area contributed by atoms with Crippen LogP contribution in [0.5, 0.6) is 0 Å². The molecule has 0 aromatic rings. The second kappa shape index (κ2) is 8.98. The Morgan fingerprint density at radius 3 is 2.41 bits per heavy atom. The van der Waals surface area contributed by atoms with Crippen molar-refractivity contribution < 1.29 is 14.3 Å². The summed E-state index contributed by atoms with van der Waals surface area (Å²) in [6, 6.07) is 0. The Morgan fingerprint density at radius 2 is 1.94 bits per heavy atom. The highest BCUT2D eigenvalue weighted by molar-refractivity contribution is 5.77. The van der Waals surface area contributed by atoms with Crippen LogP contribution < -0.4 is 5.73 Å². The topological polar surface area (TPSA) is 72.6 Å². The Morgan fingerprint density at radius 1 is 1.29 bits per heavy atom. The molecule has 0 heterocycles. The van der Waals surface area contributed by atoms with Crippen LogP contribution in [0, 0.1) is 5.92 Å². The summed E-state index contributed by atoms with van der Waals surface area (Å²) in [5, 5.41) is 0. The van der Waals surface area contributed by atoms with E-state index in [9.17, 15) is 9.59 Å². The Hall–Kier alpha value is -1.10. The number of methoxy groups -OCH3 is 1. The van der Waals surface area contributed by atoms with Gasteiger partial charge in [0.15, 0.2) is 0 Å². The molecule has 0 aromatic carbocycles. The third kappa shape index (κ3) is 7.74. The zero-order valence-electron chi connectivity index (χ0n) is 11.1. The van der Waals surface area contributed by atoms with Crippen LogP contribution in [-0.2, 0) is 14.3 Å². The molecule has 100 valence electrons. The van der Waals surface area contributed by atoms with Gasteiger partial charge < -0.3 is 15.4 Å². The van der Waals surface area contributed by atoms with Crippen LogP contribution in [0.25, 0.3) is 0 Å². The van der Waals surface area contributed by atoms with E-state index < -0.39 is 0 Å². The van der Waals surface area contributed by atoms with Crippen LogP contribution in [0.3, 0.4) is 0 Å². The largest absolute Gasteiger partial charge is 0.469 e. The number of nitrogens with zero attached hydrogens (tertiary/aromatic N) is 1. The number of amides is 1. The number of esters is 1. The molecule has 0 fully saturated rings. The fraction of sp³-hybridized carbons (Fsp3) is 0.833. The van der Waals surface area contributed by atoms with Gasteiger partial charge in [0.2, 0.25) is 5.91 Å². The third-order valence-corrected chi connectivity index (χ3v) is 2.35. The lowest BCUT2D eigenvalue weighted by Crippen LogP contribution is -2.36. The van der Waals surface area contributed by atoms with Crippen molar-refractivity contribution in [3.05, 3.63) is 0 Å². The molecule has 2 N–H and O–H groups in total. The first kappa shape index (κ1) is 15.9. The van der Waals surface area contributed by atoms with Gasteiger partial charge >= 0.3 is 5.97 Å². The SMILES string of the molecule is COC(=O)CCN(CC(C)C)C(=O)CCCN. The Kier molecular flexibility index (Phi) is 8.40. The molecule has 0 aliphatic carbocycles. The Balaban J connectivity index is 4.21. The molecular formula is C12H24N2O3. The van der Waals surface area contributed by atoms with Crippen molar-refractivity contribution in [3.63, 3.8) is 0 Å². The molecule has 0 unspecified atom stereocenters. The second-order valence-electron chi connectivity index (χ2n) is 4.45. The maximum Gasteiger partial charge on any atom is 0.307 e. The number of carbonyl (C=O) groups is 2. The van der Waals surface area contributed by atoms with E-state index in [0.717, 1.165) is 0 Å². The predicted molar refractivity (Wildman–Crippen MR) is 66.3 cm³/mol. The van der Waals surface area contributed by atoms with Crippen molar-refractivity contribution in [1.82, 2.24) is 4.90 Å². The van der Waals surface area contributed by atoms with Crippen molar-refractivity contribution in [1.29, 1.82) is 0 Å². The van der Waals surface area contributed by atoms with Crippen molar-refractivity contribution in [2.75, 3.05) is 26.7 Å². The van der Waals surface area contributed by atoms with E-state index in [1.807, 2.05) is 13.8 Å². The maximum atomic E-state index is 11.9. The van der Waals surface area contributed by atoms with Crippen LogP contribution in [0.2, 0.25) is 0 Å². The van der Waals surface area contributed by atoms with E-state index in [4.69, 9.17) is 5.73 Å². The van der Waals surface area contributed by atoms with Crippen molar-refractivity contribution in [2.45, 2.75) is 33.1 Å². The van der Waals surface area contributed by atoms with Gasteiger partial charge in [0.05, 0.1) is 13.5 Å². The third-order valence-electron chi connectivity index (χ3n) is 2.35. The summed E-state index contributed by atoms with van der Waals surface area (Å²) in [4.78, 5) is 24.6. The number of hydrogen-bond donors (Lipinski definition) is 1. The molecular weight excluding hydrogens is 220 g/mol. The minimum absolute atomic E-state index is 0.0630. The molecule has 0 aromatic heterocycles. The smallest absolute Gasteiger partial charge is 0.307 e. The summed E-state index contributed by atoms with van der Waals surface area (Å²) in [6.45, 7) is 5.69. The molecule has 0 saturated heterocycles. The summed E-state index contributed by atoms with van der Waals surface area (Å²) >= 11 is 0. The van der Waals surface area contributed by atoms with Crippen LogP contribution >= 0.6 is 0 Å². The van der Waals surface area contributed by atoms with Gasteiger partial charge in [-0.1, -0.05) is 13.8 Å². The number of hydrogen-bond acceptors (Lipinski definition) is 4. The van der Waals surface area contributed by atoms with Gasteiger partial charge in [-0.3, -0.25) is 9.59 Å². The van der Waals surface area contributed by atoms with Gasteiger partial charge in [0.25, 0.3) is 0 Å². The minimum atomic E-state index is -0.287. The van der Waals surface area contributed by atoms with Gasteiger partial charge in [-0.05, 0) is 18.9 Å². The number of nitrogens with two attached hydrogens (primary N) is 1. The highest BCUT2D eigenvalue weighted by Gasteiger charge is 2.15. The van der Waals surface area contributed by atoms with Gasteiger partial charge in [-0.25, -0.2) is 0 Å². The second-order valence-corrected chi connectivity index (χ2v) is 4.45. The first-order valence-corrected chi connectivity index (χ1v) is 6.05. The first-order chi connectivity index (χ1) is 8.01. The molecule has 0 spiro atoms. The lowest BCUT2D eigenvalue weighted by Gasteiger charge is -2.24. The van der Waals surface area contributed by atoms with E-state index in [-0.39, 0.29) is 18.3 Å². The Bertz CT molecular complexity index is 242. The summed E-state index contributed by atoms with van der Waals surface area (Å²) in [5.74, 6) is 0.160. The average Bonchev–Trinajstić information content (AvgIpc) is 2.30. The summed E-state index contributed by atoms with van der Waals surface area (Å²) in [6.07, 6.45) is 1.38. The van der Waals surface area contributed by atoms with Crippen molar-refractivity contribution in [3.8, 4) is 0 Å². The zero-order valence-corrected chi connectivity index (χ0v) is 11.1. The molecule has 1 amide bonds. The molecule has 5 nitrogen and oxygen atoms in total. The molecule has 5 heteroatoms. The summed E-state index contributed by atoms with van der Waals surface area (Å²) < 4.78 is 4.57. The molecule has 0 radical (unpaired) electrons. The van der Waals surface area contributed by atoms with E-state index in [2.05, 4.69) is 4.74 Å². The van der Waals surface area contributed by atoms with Crippen LogP contribution in [0.15, 0.2) is 0 Å². The molecule has 0 aliphatic rings. The van der Waals surface area contributed by atoms with E-state index in [1.165, 1.54) is 7.11 Å². The van der Waals surface area contributed by atoms with Crippen LogP contribution in [0.1, 0.15) is 33.1 Å². The fourth-order valence-electron chi connectivity index (χ4n) is 1.50. The van der Waals surface area contributed by atoms with E-state index in [1.54, 1.807) is 4.90 Å². The summed E-state index contributed by atoms with van der Waals surface area (Å²) in [7, 11) is 1.35. The number of rotatable bonds is 8. The highest BCUT2D eigenvalue weighted by atomic mass is 16.5. The summed E-state index contributed by atoms with van der Waals surface area (Å²) in [5.41, 5.74) is 5.38. The van der Waals surface area contributed by atoms with Gasteiger partial charge in [-0.2, -0.15) is 0 Å². The van der Waals surface area contributed by atoms with E-state index >= 15 is 0 Å². The lowest BCUT2D eigenvalue weighted by molar-refractivity contribution is -0.141. The zero-order chi connectivity index (χ0) is 13.3. The van der Waals surface area contributed by atoms with Crippen molar-refractivity contribution in [2.24, 2.45) is 11.7 Å². The van der Waals surface area contributed by atoms with Crippen LogP contribution in [0.4, 0.5) is 0 Å². The quantitative estimate of drug-likeness (QED) is 0.640. The molecule has 17 heavy (non-hydrogen) atoms. The average molecular weight is 244 g/mol. The van der Waals surface area contributed by atoms with Gasteiger partial charge in [0.1, 0.15) is 0 Å². The molecule has 0 atom stereocenters. The molecule has 0 saturated carbocycles. The maximum absolute atomic E-state index is 11.9. The minimum Gasteiger partial charge on any atom is -0.469 e. The normalized spacial score (nSPS) is 10.4. The fourth-order valence-corrected chi connectivity index (χ4v) is 1.50. The standard InChI is InChI=1S/C12H24N2O3/c1-10(2)9-14(8-6-12(16)17-3)11(15)5-4-7-13/h10H,4-9,13H2,1-3H3. The first-order valence-electron chi connectivity index (χ1n) is 6.05. The van der Waals surface area contributed by atoms with Gasteiger partial charge in [-0.15, -0.1) is 0 Å². The monoisotopic (exact) mass is 244 g/mol. The van der Waals surface area contributed by atoms with Crippen molar-refractivity contribution >= 4 is 11.9 Å². The Labute approximate surface area is 103 Å². The van der Waals surface area contributed by atoms with Crippen LogP contribution in [-0.4, -0.2) is 43.5 Å².